The van der Waals surface area contributed by atoms with Crippen LogP contribution in [0.2, 0.25) is 0 Å². The molecule has 4 nitrogen and oxygen atoms in total. The molecule has 0 saturated heterocycles. The van der Waals surface area contributed by atoms with E-state index in [1.54, 1.807) is 24.8 Å². The number of hydrogen-bond donors (Lipinski definition) is 2. The molecule has 7 heteroatoms. The maximum atomic E-state index is 14.6. The normalized spacial score (nSPS) is 14.0. The van der Waals surface area contributed by atoms with Gasteiger partial charge >= 0.3 is 0 Å². The lowest BCUT2D eigenvalue weighted by Gasteiger charge is -2.20. The molecule has 1 atom stereocenters. The Bertz CT molecular complexity index is 771. The molecule has 0 aromatic heterocycles. The number of carbonyl (C=O) groups excluding carboxylic acids is 1. The van der Waals surface area contributed by atoms with E-state index in [9.17, 15) is 9.18 Å². The Balaban J connectivity index is 0.00000243. The van der Waals surface area contributed by atoms with Crippen molar-refractivity contribution in [2.75, 3.05) is 18.1 Å². The molecule has 0 fully saturated rings. The second-order valence-electron chi connectivity index (χ2n) is 5.92. The van der Waals surface area contributed by atoms with Crippen LogP contribution < -0.4 is 15.4 Å². The van der Waals surface area contributed by atoms with Crippen LogP contribution >= 0.6 is 24.2 Å². The lowest BCUT2D eigenvalue weighted by atomic mass is 9.99. The quantitative estimate of drug-likeness (QED) is 0.749. The van der Waals surface area contributed by atoms with Gasteiger partial charge in [-0.3, -0.25) is 4.79 Å². The number of hydrogen-bond acceptors (Lipinski definition) is 4. The fraction of sp³-hybridized carbons (Fsp3) is 0.316. The summed E-state index contributed by atoms with van der Waals surface area (Å²) in [6, 6.07) is 11.0. The van der Waals surface area contributed by atoms with Gasteiger partial charge < -0.3 is 15.4 Å². The van der Waals surface area contributed by atoms with Crippen molar-refractivity contribution in [3.63, 3.8) is 0 Å². The van der Waals surface area contributed by atoms with E-state index >= 15 is 0 Å². The summed E-state index contributed by atoms with van der Waals surface area (Å²) in [6.07, 6.45) is 1.89. The van der Waals surface area contributed by atoms with E-state index in [0.29, 0.717) is 24.3 Å². The van der Waals surface area contributed by atoms with Gasteiger partial charge in [0.1, 0.15) is 11.6 Å². The van der Waals surface area contributed by atoms with Crippen LogP contribution in [-0.2, 0) is 17.8 Å². The molecule has 0 spiro atoms. The van der Waals surface area contributed by atoms with Gasteiger partial charge in [0.15, 0.2) is 6.10 Å². The number of rotatable bonds is 5. The summed E-state index contributed by atoms with van der Waals surface area (Å²) in [4.78, 5) is 13.5. The van der Waals surface area contributed by atoms with Crippen LogP contribution in [0.25, 0.3) is 0 Å². The predicted molar refractivity (Wildman–Crippen MR) is 106 cm³/mol. The van der Waals surface area contributed by atoms with Crippen molar-refractivity contribution in [2.24, 2.45) is 0 Å². The molecule has 2 N–H and O–H groups in total. The number of benzene rings is 2. The van der Waals surface area contributed by atoms with E-state index in [4.69, 9.17) is 4.74 Å². The number of anilines is 1. The standard InChI is InChI=1S/C19H21FN2O2S.ClH/c1-12(24-14-4-6-15(25-2)7-5-14)19(23)22-17-8-3-13-11-21-10-9-16(13)18(17)20;/h3-8,12,21H,9-11H2,1-2H3,(H,22,23);1H. The van der Waals surface area contributed by atoms with Gasteiger partial charge in [-0.15, -0.1) is 24.2 Å². The number of amides is 1. The van der Waals surface area contributed by atoms with Crippen LogP contribution in [0.15, 0.2) is 41.3 Å². The molecule has 1 unspecified atom stereocenters. The summed E-state index contributed by atoms with van der Waals surface area (Å²) >= 11 is 1.64. The number of fused-ring (bicyclic) bond motifs is 1. The van der Waals surface area contributed by atoms with Crippen molar-refractivity contribution in [1.29, 1.82) is 0 Å². The average molecular weight is 397 g/mol. The highest BCUT2D eigenvalue weighted by molar-refractivity contribution is 7.98. The summed E-state index contributed by atoms with van der Waals surface area (Å²) in [6.45, 7) is 3.05. The van der Waals surface area contributed by atoms with Crippen molar-refractivity contribution >= 4 is 35.8 Å². The summed E-state index contributed by atoms with van der Waals surface area (Å²) in [5, 5.41) is 5.85. The molecule has 2 aromatic rings. The predicted octanol–water partition coefficient (Wildman–Crippen LogP) is 4.02. The number of halogens is 2. The Morgan fingerprint density at radius 2 is 2.00 bits per heavy atom. The first kappa shape index (κ1) is 20.6. The van der Waals surface area contributed by atoms with Crippen LogP contribution in [0.4, 0.5) is 10.1 Å². The Labute approximate surface area is 163 Å². The molecule has 1 aliphatic heterocycles. The molecule has 1 aliphatic rings. The number of nitrogens with one attached hydrogen (secondary N) is 2. The van der Waals surface area contributed by atoms with Gasteiger partial charge in [-0.2, -0.15) is 0 Å². The van der Waals surface area contributed by atoms with Gasteiger partial charge in [-0.05, 0) is 67.6 Å². The van der Waals surface area contributed by atoms with Crippen molar-refractivity contribution < 1.29 is 13.9 Å². The summed E-state index contributed by atoms with van der Waals surface area (Å²) in [7, 11) is 0. The Hall–Kier alpha value is -1.76. The maximum Gasteiger partial charge on any atom is 0.265 e. The van der Waals surface area contributed by atoms with Crippen molar-refractivity contribution in [1.82, 2.24) is 5.32 Å². The average Bonchev–Trinajstić information content (AvgIpc) is 2.64. The molecular weight excluding hydrogens is 375 g/mol. The van der Waals surface area contributed by atoms with Crippen LogP contribution in [-0.4, -0.2) is 24.8 Å². The zero-order valence-electron chi connectivity index (χ0n) is 14.7. The fourth-order valence-corrected chi connectivity index (χ4v) is 3.18. The maximum absolute atomic E-state index is 14.6. The molecule has 26 heavy (non-hydrogen) atoms. The van der Waals surface area contributed by atoms with E-state index in [1.165, 1.54) is 0 Å². The molecule has 2 aromatic carbocycles. The minimum absolute atomic E-state index is 0. The zero-order valence-corrected chi connectivity index (χ0v) is 16.3. The molecule has 0 aliphatic carbocycles. The Morgan fingerprint density at radius 3 is 2.69 bits per heavy atom. The van der Waals surface area contributed by atoms with Crippen LogP contribution in [0.5, 0.6) is 5.75 Å². The second kappa shape index (κ2) is 9.26. The van der Waals surface area contributed by atoms with E-state index < -0.39 is 6.10 Å². The van der Waals surface area contributed by atoms with Gasteiger partial charge in [0.05, 0.1) is 5.69 Å². The van der Waals surface area contributed by atoms with Crippen LogP contribution in [0.1, 0.15) is 18.1 Å². The molecular formula is C19H22ClFN2O2S. The first-order chi connectivity index (χ1) is 12.1. The van der Waals surface area contributed by atoms with E-state index in [1.807, 2.05) is 36.6 Å². The highest BCUT2D eigenvalue weighted by Crippen LogP contribution is 2.25. The zero-order chi connectivity index (χ0) is 17.8. The monoisotopic (exact) mass is 396 g/mol. The lowest BCUT2D eigenvalue weighted by Crippen LogP contribution is -2.31. The molecule has 0 saturated carbocycles. The molecule has 1 amide bonds. The van der Waals surface area contributed by atoms with Crippen molar-refractivity contribution in [2.45, 2.75) is 30.9 Å². The minimum atomic E-state index is -0.725. The van der Waals surface area contributed by atoms with Crippen LogP contribution in [0, 0.1) is 5.82 Å². The van der Waals surface area contributed by atoms with E-state index in [0.717, 1.165) is 17.0 Å². The van der Waals surface area contributed by atoms with Crippen molar-refractivity contribution in [3.8, 4) is 5.75 Å². The second-order valence-corrected chi connectivity index (χ2v) is 6.80. The van der Waals surface area contributed by atoms with Gasteiger partial charge in [-0.25, -0.2) is 4.39 Å². The topological polar surface area (TPSA) is 50.4 Å². The Morgan fingerprint density at radius 1 is 1.27 bits per heavy atom. The first-order valence-corrected chi connectivity index (χ1v) is 9.43. The third-order valence-electron chi connectivity index (χ3n) is 4.21. The highest BCUT2D eigenvalue weighted by Gasteiger charge is 2.20. The number of ether oxygens (including phenoxy) is 1. The van der Waals surface area contributed by atoms with Gasteiger partial charge in [0.2, 0.25) is 0 Å². The van der Waals surface area contributed by atoms with Gasteiger partial charge in [0, 0.05) is 11.4 Å². The van der Waals surface area contributed by atoms with Crippen molar-refractivity contribution in [3.05, 3.63) is 53.3 Å². The smallest absolute Gasteiger partial charge is 0.265 e. The van der Waals surface area contributed by atoms with Gasteiger partial charge in [-0.1, -0.05) is 6.07 Å². The Kier molecular flexibility index (Phi) is 7.32. The third kappa shape index (κ3) is 4.69. The highest BCUT2D eigenvalue weighted by atomic mass is 35.5. The summed E-state index contributed by atoms with van der Waals surface area (Å²) in [5.74, 6) is -0.108. The van der Waals surface area contributed by atoms with E-state index in [-0.39, 0.29) is 29.8 Å². The lowest BCUT2D eigenvalue weighted by molar-refractivity contribution is -0.122. The summed E-state index contributed by atoms with van der Waals surface area (Å²) < 4.78 is 20.2. The van der Waals surface area contributed by atoms with E-state index in [2.05, 4.69) is 10.6 Å². The van der Waals surface area contributed by atoms with Gasteiger partial charge in [0.25, 0.3) is 5.91 Å². The number of thioether (sulfide) groups is 1. The minimum Gasteiger partial charge on any atom is -0.481 e. The third-order valence-corrected chi connectivity index (χ3v) is 4.95. The summed E-state index contributed by atoms with van der Waals surface area (Å²) in [5.41, 5.74) is 1.83. The molecule has 3 rings (SSSR count). The molecule has 0 radical (unpaired) electrons. The number of carbonyl (C=O) groups is 1. The fourth-order valence-electron chi connectivity index (χ4n) is 2.78. The SMILES string of the molecule is CSc1ccc(OC(C)C(=O)Nc2ccc3c(c2F)CCNC3)cc1.Cl. The molecule has 1 heterocycles. The van der Waals surface area contributed by atoms with Crippen LogP contribution in [0.3, 0.4) is 0 Å². The largest absolute Gasteiger partial charge is 0.481 e. The molecule has 140 valence electrons. The molecule has 0 bridgehead atoms. The first-order valence-electron chi connectivity index (χ1n) is 8.21.